The molecule has 140 valence electrons. The Morgan fingerprint density at radius 3 is 2.54 bits per heavy atom. The number of aromatic nitrogens is 2. The first-order valence-electron chi connectivity index (χ1n) is 7.84. The van der Waals surface area contributed by atoms with E-state index in [0.717, 1.165) is 30.6 Å². The summed E-state index contributed by atoms with van der Waals surface area (Å²) in [5.74, 6) is -1.70. The van der Waals surface area contributed by atoms with E-state index in [1.54, 1.807) is 0 Å². The average Bonchev–Trinajstić information content (AvgIpc) is 3.22. The molecule has 1 fully saturated rings. The molecular formula is C14H17N5O5S2. The van der Waals surface area contributed by atoms with Gasteiger partial charge in [0.15, 0.2) is 0 Å². The van der Waals surface area contributed by atoms with Crippen LogP contribution in [-0.2, 0) is 10.0 Å². The van der Waals surface area contributed by atoms with Gasteiger partial charge in [-0.2, -0.15) is 4.31 Å². The second-order valence-electron chi connectivity index (χ2n) is 5.72. The van der Waals surface area contributed by atoms with Gasteiger partial charge in [0, 0.05) is 20.0 Å². The minimum atomic E-state index is -3.75. The molecule has 10 nitrogen and oxygen atoms in total. The van der Waals surface area contributed by atoms with Gasteiger partial charge in [-0.15, -0.1) is 21.5 Å². The number of carbonyl (C=O) groups is 2. The van der Waals surface area contributed by atoms with E-state index >= 15 is 0 Å². The molecule has 12 heteroatoms. The van der Waals surface area contributed by atoms with Crippen molar-refractivity contribution in [1.82, 2.24) is 14.5 Å². The van der Waals surface area contributed by atoms with E-state index in [-0.39, 0.29) is 26.6 Å². The Balaban J connectivity index is 1.91. The van der Waals surface area contributed by atoms with Gasteiger partial charge in [-0.1, -0.05) is 6.42 Å². The number of nitrogens with two attached hydrogens (primary N) is 1. The smallest absolute Gasteiger partial charge is 0.313 e. The van der Waals surface area contributed by atoms with Crippen LogP contribution >= 0.6 is 11.3 Å². The largest absolute Gasteiger partial charge is 0.417 e. The lowest BCUT2D eigenvalue weighted by Gasteiger charge is -2.25. The molecule has 26 heavy (non-hydrogen) atoms. The number of thiophene rings is 1. The summed E-state index contributed by atoms with van der Waals surface area (Å²) < 4.78 is 31.9. The Kier molecular flexibility index (Phi) is 5.07. The minimum absolute atomic E-state index is 0.0222. The van der Waals surface area contributed by atoms with Crippen LogP contribution in [0.15, 0.2) is 14.7 Å². The van der Waals surface area contributed by atoms with Crippen LogP contribution in [0.1, 0.15) is 46.2 Å². The second kappa shape index (κ2) is 7.13. The number of nitrogens with zero attached hydrogens (tertiary/aromatic N) is 3. The second-order valence-corrected chi connectivity index (χ2v) is 8.93. The summed E-state index contributed by atoms with van der Waals surface area (Å²) in [6.07, 6.45) is 2.55. The van der Waals surface area contributed by atoms with E-state index in [1.807, 2.05) is 0 Å². The molecule has 0 aromatic carbocycles. The lowest BCUT2D eigenvalue weighted by molar-refractivity contribution is 0.0989. The molecule has 0 spiro atoms. The van der Waals surface area contributed by atoms with Crippen molar-refractivity contribution in [1.29, 1.82) is 0 Å². The first kappa shape index (κ1) is 18.5. The first-order chi connectivity index (χ1) is 12.3. The van der Waals surface area contributed by atoms with E-state index < -0.39 is 21.8 Å². The minimum Gasteiger partial charge on any atom is -0.417 e. The maximum atomic E-state index is 12.8. The van der Waals surface area contributed by atoms with Gasteiger partial charge in [-0.05, 0) is 18.9 Å². The molecular weight excluding hydrogens is 382 g/mol. The Hall–Kier alpha value is -2.31. The van der Waals surface area contributed by atoms with Crippen molar-refractivity contribution in [2.75, 3.05) is 18.4 Å². The summed E-state index contributed by atoms with van der Waals surface area (Å²) in [5, 5.41) is 9.56. The number of hydrogen-bond donors (Lipinski definition) is 2. The molecule has 1 saturated heterocycles. The van der Waals surface area contributed by atoms with Crippen molar-refractivity contribution in [3.8, 4) is 0 Å². The van der Waals surface area contributed by atoms with Crippen LogP contribution in [0.2, 0.25) is 0 Å². The lowest BCUT2D eigenvalue weighted by atomic mass is 10.2. The van der Waals surface area contributed by atoms with Crippen molar-refractivity contribution >= 4 is 38.2 Å². The fourth-order valence-electron chi connectivity index (χ4n) is 2.55. The van der Waals surface area contributed by atoms with E-state index in [9.17, 15) is 18.0 Å². The van der Waals surface area contributed by atoms with Gasteiger partial charge >= 0.3 is 11.8 Å². The Morgan fingerprint density at radius 2 is 1.96 bits per heavy atom. The van der Waals surface area contributed by atoms with E-state index in [2.05, 4.69) is 15.5 Å². The summed E-state index contributed by atoms with van der Waals surface area (Å²) in [4.78, 5) is 23.8. The zero-order valence-corrected chi connectivity index (χ0v) is 15.5. The third-order valence-electron chi connectivity index (χ3n) is 3.83. The zero-order valence-electron chi connectivity index (χ0n) is 13.9. The van der Waals surface area contributed by atoms with Crippen molar-refractivity contribution in [2.24, 2.45) is 5.73 Å². The number of nitrogens with one attached hydrogen (secondary N) is 1. The van der Waals surface area contributed by atoms with E-state index in [0.29, 0.717) is 13.1 Å². The highest BCUT2D eigenvalue weighted by Gasteiger charge is 2.30. The van der Waals surface area contributed by atoms with Gasteiger partial charge in [0.1, 0.15) is 9.21 Å². The van der Waals surface area contributed by atoms with Crippen molar-refractivity contribution < 1.29 is 22.4 Å². The highest BCUT2D eigenvalue weighted by Crippen LogP contribution is 2.34. The predicted molar refractivity (Wildman–Crippen MR) is 92.4 cm³/mol. The molecule has 2 amide bonds. The standard InChI is InChI=1S/C14H17N5O5S2/c1-8-17-18-13(24-8)12(21)16-14-9(11(15)20)7-10(25-14)26(22,23)19-5-3-2-4-6-19/h7H,2-6H2,1H3,(H2,15,20)(H,16,21). The summed E-state index contributed by atoms with van der Waals surface area (Å²) in [5.41, 5.74) is 5.24. The number of amides is 2. The fraction of sp³-hybridized carbons (Fsp3) is 0.429. The van der Waals surface area contributed by atoms with Crippen LogP contribution in [0, 0.1) is 6.92 Å². The van der Waals surface area contributed by atoms with Crippen LogP contribution < -0.4 is 11.1 Å². The zero-order chi connectivity index (χ0) is 18.9. The number of carbonyl (C=O) groups excluding carboxylic acids is 2. The number of primary amides is 1. The fourth-order valence-corrected chi connectivity index (χ4v) is 5.59. The monoisotopic (exact) mass is 399 g/mol. The summed E-state index contributed by atoms with van der Waals surface area (Å²) in [6.45, 7) is 2.37. The number of sulfonamides is 1. The normalized spacial score (nSPS) is 15.7. The van der Waals surface area contributed by atoms with Crippen LogP contribution in [0.25, 0.3) is 0 Å². The SMILES string of the molecule is Cc1nnc(C(=O)Nc2sc(S(=O)(=O)N3CCCCC3)cc2C(N)=O)o1. The molecule has 3 rings (SSSR count). The van der Waals surface area contributed by atoms with Gasteiger partial charge in [0.2, 0.25) is 5.89 Å². The van der Waals surface area contributed by atoms with Gasteiger partial charge in [0.05, 0.1) is 5.56 Å². The molecule has 2 aromatic heterocycles. The van der Waals surface area contributed by atoms with Gasteiger partial charge in [0.25, 0.3) is 15.9 Å². The average molecular weight is 399 g/mol. The molecule has 0 atom stereocenters. The maximum Gasteiger partial charge on any atom is 0.313 e. The number of piperidine rings is 1. The van der Waals surface area contributed by atoms with Gasteiger partial charge < -0.3 is 15.5 Å². The summed E-state index contributed by atoms with van der Waals surface area (Å²) in [7, 11) is -3.75. The van der Waals surface area contributed by atoms with Gasteiger partial charge in [-0.3, -0.25) is 9.59 Å². The molecule has 2 aromatic rings. The van der Waals surface area contributed by atoms with Crippen molar-refractivity contribution in [3.05, 3.63) is 23.4 Å². The topological polar surface area (TPSA) is 148 Å². The molecule has 0 aliphatic carbocycles. The molecule has 3 N–H and O–H groups in total. The highest BCUT2D eigenvalue weighted by atomic mass is 32.2. The van der Waals surface area contributed by atoms with Crippen molar-refractivity contribution in [2.45, 2.75) is 30.4 Å². The Bertz CT molecular complexity index is 943. The van der Waals surface area contributed by atoms with Crippen molar-refractivity contribution in [3.63, 3.8) is 0 Å². The maximum absolute atomic E-state index is 12.8. The summed E-state index contributed by atoms with van der Waals surface area (Å²) in [6, 6.07) is 1.19. The molecule has 0 radical (unpaired) electrons. The molecule has 1 aliphatic rings. The Morgan fingerprint density at radius 1 is 1.27 bits per heavy atom. The number of anilines is 1. The van der Waals surface area contributed by atoms with E-state index in [1.165, 1.54) is 17.3 Å². The predicted octanol–water partition coefficient (Wildman–Crippen LogP) is 0.965. The number of rotatable bonds is 5. The van der Waals surface area contributed by atoms with Crippen LogP contribution in [-0.4, -0.2) is 47.8 Å². The van der Waals surface area contributed by atoms with Gasteiger partial charge in [-0.25, -0.2) is 8.42 Å². The third-order valence-corrected chi connectivity index (χ3v) is 7.23. The molecule has 0 unspecified atom stereocenters. The van der Waals surface area contributed by atoms with Crippen LogP contribution in [0.5, 0.6) is 0 Å². The number of hydrogen-bond acceptors (Lipinski definition) is 8. The van der Waals surface area contributed by atoms with Crippen LogP contribution in [0.4, 0.5) is 5.00 Å². The molecule has 3 heterocycles. The molecule has 0 saturated carbocycles. The highest BCUT2D eigenvalue weighted by molar-refractivity contribution is 7.91. The van der Waals surface area contributed by atoms with Crippen LogP contribution in [0.3, 0.4) is 0 Å². The Labute approximate surface area is 153 Å². The molecule has 1 aliphatic heterocycles. The third kappa shape index (κ3) is 3.61. The number of aryl methyl sites for hydroxylation is 1. The quantitative estimate of drug-likeness (QED) is 0.760. The lowest BCUT2D eigenvalue weighted by Crippen LogP contribution is -2.35. The summed E-state index contributed by atoms with van der Waals surface area (Å²) >= 11 is 0.766. The van der Waals surface area contributed by atoms with E-state index in [4.69, 9.17) is 10.2 Å². The molecule has 0 bridgehead atoms. The first-order valence-corrected chi connectivity index (χ1v) is 10.1.